The molecule has 3 aromatic heterocycles. The summed E-state index contributed by atoms with van der Waals surface area (Å²) in [4.78, 5) is 8.17. The molecule has 0 spiro atoms. The zero-order chi connectivity index (χ0) is 12.0. The Kier molecular flexibility index (Phi) is 2.51. The van der Waals surface area contributed by atoms with Gasteiger partial charge in [0.1, 0.15) is 11.5 Å². The topological polar surface area (TPSA) is 60.9 Å². The summed E-state index contributed by atoms with van der Waals surface area (Å²) in [7, 11) is 0. The molecule has 0 saturated heterocycles. The van der Waals surface area contributed by atoms with Crippen LogP contribution in [-0.2, 0) is 0 Å². The lowest BCUT2D eigenvalue weighted by molar-refractivity contribution is 0.772. The van der Waals surface area contributed by atoms with Gasteiger partial charge in [-0.15, -0.1) is 0 Å². The van der Waals surface area contributed by atoms with E-state index in [1.165, 1.54) is 6.33 Å². The third kappa shape index (κ3) is 1.69. The Bertz CT molecular complexity index is 703. The van der Waals surface area contributed by atoms with E-state index in [0.29, 0.717) is 10.9 Å². The summed E-state index contributed by atoms with van der Waals surface area (Å²) in [6.45, 7) is 1.88. The minimum atomic E-state index is 0.408. The van der Waals surface area contributed by atoms with Crippen LogP contribution in [0.1, 0.15) is 5.56 Å². The van der Waals surface area contributed by atoms with Gasteiger partial charge in [0.05, 0.1) is 9.77 Å². The lowest BCUT2D eigenvalue weighted by atomic mass is 10.3. The second-order valence-corrected chi connectivity index (χ2v) is 5.03. The number of hydrogen-bond acceptors (Lipinski definition) is 4. The van der Waals surface area contributed by atoms with Crippen LogP contribution >= 0.6 is 34.2 Å². The molecule has 0 fully saturated rings. The van der Waals surface area contributed by atoms with Gasteiger partial charge in [0, 0.05) is 11.8 Å². The maximum atomic E-state index is 6.07. The van der Waals surface area contributed by atoms with Crippen molar-refractivity contribution in [3.05, 3.63) is 33.0 Å². The number of nitrogens with zero attached hydrogens (tertiary/aromatic N) is 6. The summed E-state index contributed by atoms with van der Waals surface area (Å²) in [6, 6.07) is 0. The van der Waals surface area contributed by atoms with E-state index < -0.39 is 0 Å². The molecule has 0 atom stereocenters. The lowest BCUT2D eigenvalue weighted by Gasteiger charge is -2.08. The molecule has 0 saturated carbocycles. The standard InChI is InChI=1S/C9H6ClIN6/c1-5-7(10)15-9-12-4-14-17(9)8(5)16-3-6(11)2-13-16/h2-4H,1H3. The van der Waals surface area contributed by atoms with Crippen LogP contribution in [0.15, 0.2) is 18.7 Å². The molecule has 3 rings (SSSR count). The van der Waals surface area contributed by atoms with Crippen LogP contribution in [0.4, 0.5) is 0 Å². The lowest BCUT2D eigenvalue weighted by Crippen LogP contribution is -2.08. The number of rotatable bonds is 1. The molecular weight excluding hydrogens is 354 g/mol. The Hall–Kier alpha value is -1.22. The second kappa shape index (κ2) is 3.91. The average molecular weight is 361 g/mol. The summed E-state index contributed by atoms with van der Waals surface area (Å²) >= 11 is 8.26. The van der Waals surface area contributed by atoms with Gasteiger partial charge in [0.2, 0.25) is 0 Å². The van der Waals surface area contributed by atoms with Gasteiger partial charge in [-0.25, -0.2) is 4.68 Å². The van der Waals surface area contributed by atoms with E-state index in [9.17, 15) is 0 Å². The molecule has 0 N–H and O–H groups in total. The van der Waals surface area contributed by atoms with Crippen molar-refractivity contribution in [1.29, 1.82) is 0 Å². The molecule has 3 heterocycles. The molecule has 86 valence electrons. The highest BCUT2D eigenvalue weighted by Crippen LogP contribution is 2.21. The van der Waals surface area contributed by atoms with E-state index in [4.69, 9.17) is 11.6 Å². The Morgan fingerprint density at radius 3 is 2.88 bits per heavy atom. The molecule has 0 amide bonds. The Balaban J connectivity index is 2.40. The second-order valence-electron chi connectivity index (χ2n) is 3.43. The van der Waals surface area contributed by atoms with E-state index in [0.717, 1.165) is 15.0 Å². The predicted molar refractivity (Wildman–Crippen MR) is 70.4 cm³/mol. The minimum Gasteiger partial charge on any atom is -0.221 e. The molecule has 3 aromatic rings. The fourth-order valence-corrected chi connectivity index (χ4v) is 2.12. The van der Waals surface area contributed by atoms with Crippen molar-refractivity contribution in [2.24, 2.45) is 0 Å². The third-order valence-corrected chi connectivity index (χ3v) is 3.27. The maximum absolute atomic E-state index is 6.07. The highest BCUT2D eigenvalue weighted by atomic mass is 127. The number of fused-ring (bicyclic) bond motifs is 1. The van der Waals surface area contributed by atoms with E-state index in [1.54, 1.807) is 15.4 Å². The number of aromatic nitrogens is 6. The van der Waals surface area contributed by atoms with Gasteiger partial charge in [-0.1, -0.05) is 11.6 Å². The quantitative estimate of drug-likeness (QED) is 0.491. The highest BCUT2D eigenvalue weighted by Gasteiger charge is 2.14. The molecule has 0 unspecified atom stereocenters. The van der Waals surface area contributed by atoms with Gasteiger partial charge >= 0.3 is 0 Å². The summed E-state index contributed by atoms with van der Waals surface area (Å²) in [5.41, 5.74) is 0.809. The van der Waals surface area contributed by atoms with E-state index in [1.807, 2.05) is 13.1 Å². The normalized spacial score (nSPS) is 11.2. The van der Waals surface area contributed by atoms with Gasteiger partial charge in [-0.3, -0.25) is 0 Å². The number of hydrogen-bond donors (Lipinski definition) is 0. The minimum absolute atomic E-state index is 0.408. The van der Waals surface area contributed by atoms with Crippen LogP contribution in [0.3, 0.4) is 0 Å². The third-order valence-electron chi connectivity index (χ3n) is 2.34. The summed E-state index contributed by atoms with van der Waals surface area (Å²) in [6.07, 6.45) is 5.09. The summed E-state index contributed by atoms with van der Waals surface area (Å²) in [5, 5.41) is 8.79. The first-order valence-corrected chi connectivity index (χ1v) is 6.19. The Labute approximate surface area is 115 Å². The smallest absolute Gasteiger partial charge is 0.221 e. The monoisotopic (exact) mass is 360 g/mol. The van der Waals surface area contributed by atoms with Crippen LogP contribution < -0.4 is 0 Å². The van der Waals surface area contributed by atoms with Crippen molar-refractivity contribution < 1.29 is 0 Å². The van der Waals surface area contributed by atoms with Gasteiger partial charge in [-0.2, -0.15) is 24.7 Å². The first-order valence-electron chi connectivity index (χ1n) is 4.73. The largest absolute Gasteiger partial charge is 0.255 e. The van der Waals surface area contributed by atoms with Crippen molar-refractivity contribution in [1.82, 2.24) is 29.4 Å². The fourth-order valence-electron chi connectivity index (χ4n) is 1.57. The van der Waals surface area contributed by atoms with E-state index in [-0.39, 0.29) is 0 Å². The van der Waals surface area contributed by atoms with Crippen molar-refractivity contribution in [2.75, 3.05) is 0 Å². The first kappa shape index (κ1) is 10.9. The zero-order valence-electron chi connectivity index (χ0n) is 8.67. The van der Waals surface area contributed by atoms with Crippen LogP contribution in [-0.4, -0.2) is 29.4 Å². The van der Waals surface area contributed by atoms with Gasteiger partial charge < -0.3 is 0 Å². The van der Waals surface area contributed by atoms with E-state index >= 15 is 0 Å². The van der Waals surface area contributed by atoms with Crippen LogP contribution in [0, 0.1) is 10.5 Å². The van der Waals surface area contributed by atoms with Gasteiger partial charge in [0.15, 0.2) is 5.82 Å². The molecular formula is C9H6ClIN6. The molecule has 0 aromatic carbocycles. The van der Waals surface area contributed by atoms with Gasteiger partial charge in [-0.05, 0) is 29.5 Å². The SMILES string of the molecule is Cc1c(Cl)nc2ncnn2c1-n1cc(I)cn1. The van der Waals surface area contributed by atoms with Crippen LogP contribution in [0.5, 0.6) is 0 Å². The molecule has 8 heteroatoms. The van der Waals surface area contributed by atoms with Crippen molar-refractivity contribution in [3.8, 4) is 5.82 Å². The van der Waals surface area contributed by atoms with Crippen LogP contribution in [0.2, 0.25) is 5.15 Å². The number of halogens is 2. The van der Waals surface area contributed by atoms with E-state index in [2.05, 4.69) is 42.8 Å². The molecule has 6 nitrogen and oxygen atoms in total. The predicted octanol–water partition coefficient (Wildman–Crippen LogP) is 1.88. The van der Waals surface area contributed by atoms with Crippen molar-refractivity contribution >= 4 is 40.0 Å². The van der Waals surface area contributed by atoms with Crippen molar-refractivity contribution in [2.45, 2.75) is 6.92 Å². The Morgan fingerprint density at radius 2 is 2.18 bits per heavy atom. The van der Waals surface area contributed by atoms with Gasteiger partial charge in [0.25, 0.3) is 5.78 Å². The highest BCUT2D eigenvalue weighted by molar-refractivity contribution is 14.1. The Morgan fingerprint density at radius 1 is 1.35 bits per heavy atom. The maximum Gasteiger partial charge on any atom is 0.255 e. The molecule has 0 aliphatic rings. The zero-order valence-corrected chi connectivity index (χ0v) is 11.6. The molecule has 0 radical (unpaired) electrons. The fraction of sp³-hybridized carbons (Fsp3) is 0.111. The molecule has 0 aliphatic carbocycles. The summed E-state index contributed by atoms with van der Waals surface area (Å²) < 4.78 is 4.36. The molecule has 17 heavy (non-hydrogen) atoms. The first-order chi connectivity index (χ1) is 8.16. The molecule has 0 bridgehead atoms. The summed E-state index contributed by atoms with van der Waals surface area (Å²) in [5.74, 6) is 1.21. The van der Waals surface area contributed by atoms with Crippen molar-refractivity contribution in [3.63, 3.8) is 0 Å². The molecule has 0 aliphatic heterocycles. The van der Waals surface area contributed by atoms with Crippen LogP contribution in [0.25, 0.3) is 11.6 Å². The average Bonchev–Trinajstić information content (AvgIpc) is 2.89.